The fraction of sp³-hybridized carbons (Fsp3) is 0.250. The maximum atomic E-state index is 13.9. The minimum atomic E-state index is -3.57. The van der Waals surface area contributed by atoms with E-state index in [0.717, 1.165) is 30.6 Å². The van der Waals surface area contributed by atoms with E-state index in [-0.39, 0.29) is 21.9 Å². The molecule has 0 radical (unpaired) electrons. The molecule has 1 aliphatic carbocycles. The van der Waals surface area contributed by atoms with Crippen molar-refractivity contribution < 1.29 is 22.5 Å². The summed E-state index contributed by atoms with van der Waals surface area (Å²) in [7, 11) is -3.57. The molecule has 2 fully saturated rings. The van der Waals surface area contributed by atoms with Crippen LogP contribution in [0.4, 0.5) is 11.4 Å². The summed E-state index contributed by atoms with van der Waals surface area (Å²) in [6.07, 6.45) is 5.33. The molecule has 1 spiro atoms. The molecule has 0 unspecified atom stereocenters. The van der Waals surface area contributed by atoms with Crippen molar-refractivity contribution in [3.05, 3.63) is 93.4 Å². The first-order valence-corrected chi connectivity index (χ1v) is 14.1. The van der Waals surface area contributed by atoms with E-state index < -0.39 is 9.84 Å². The van der Waals surface area contributed by atoms with E-state index in [1.807, 2.05) is 42.5 Å². The van der Waals surface area contributed by atoms with Gasteiger partial charge < -0.3 is 9.64 Å². The molecule has 1 amide bonds. The second-order valence-corrected chi connectivity index (χ2v) is 12.1. The zero-order chi connectivity index (χ0) is 25.5. The quantitative estimate of drug-likeness (QED) is 0.500. The number of pyridine rings is 1. The molecule has 4 heterocycles. The third-order valence-electron chi connectivity index (χ3n) is 7.71. The molecule has 3 aliphatic heterocycles. The molecular formula is C28H24N3O5S+. The van der Waals surface area contributed by atoms with Gasteiger partial charge in [-0.1, -0.05) is 6.07 Å². The number of carbonyl (C=O) groups is 1. The van der Waals surface area contributed by atoms with Crippen LogP contribution >= 0.6 is 0 Å². The van der Waals surface area contributed by atoms with Crippen molar-refractivity contribution in [1.82, 2.24) is 4.57 Å². The number of piperidine rings is 1. The van der Waals surface area contributed by atoms with Crippen molar-refractivity contribution in [2.24, 2.45) is 5.41 Å². The second-order valence-electron chi connectivity index (χ2n) is 10.1. The number of carbonyl (C=O) groups excluding carboxylic acids is 1. The normalized spacial score (nSPS) is 19.5. The van der Waals surface area contributed by atoms with E-state index in [1.54, 1.807) is 32.4 Å². The fourth-order valence-corrected chi connectivity index (χ4v) is 6.96. The van der Waals surface area contributed by atoms with Crippen LogP contribution in [0.5, 0.6) is 5.75 Å². The monoisotopic (exact) mass is 514 g/mol. The number of hydrogen-bond acceptors (Lipinski definition) is 5. The minimum Gasteiger partial charge on any atom is -0.493 e. The molecule has 3 aromatic rings. The van der Waals surface area contributed by atoms with Crippen molar-refractivity contribution in [2.45, 2.75) is 19.3 Å². The Bertz CT molecular complexity index is 1740. The average molecular weight is 515 g/mol. The summed E-state index contributed by atoms with van der Waals surface area (Å²) < 4.78 is 34.7. The van der Waals surface area contributed by atoms with Gasteiger partial charge in [0.15, 0.2) is 0 Å². The zero-order valence-electron chi connectivity index (χ0n) is 20.2. The summed E-state index contributed by atoms with van der Waals surface area (Å²) in [6, 6.07) is 17.9. The van der Waals surface area contributed by atoms with Crippen LogP contribution in [0.3, 0.4) is 0 Å². The van der Waals surface area contributed by atoms with E-state index in [9.17, 15) is 18.0 Å². The lowest BCUT2D eigenvalue weighted by Crippen LogP contribution is -2.56. The number of nitrogens with zero attached hydrogens (tertiary/aromatic N) is 3. The molecule has 7 rings (SSSR count). The first-order valence-electron chi connectivity index (χ1n) is 12.2. The molecule has 0 bridgehead atoms. The van der Waals surface area contributed by atoms with Gasteiger partial charge in [0, 0.05) is 66.0 Å². The Morgan fingerprint density at radius 3 is 2.43 bits per heavy atom. The predicted molar refractivity (Wildman–Crippen MR) is 138 cm³/mol. The van der Waals surface area contributed by atoms with Crippen molar-refractivity contribution in [1.29, 1.82) is 0 Å². The summed E-state index contributed by atoms with van der Waals surface area (Å²) in [5.74, 6) is 0.577. The van der Waals surface area contributed by atoms with Gasteiger partial charge in [-0.2, -0.15) is 0 Å². The molecule has 0 atom stereocenters. The zero-order valence-corrected chi connectivity index (χ0v) is 21.0. The number of sulfone groups is 1. The Morgan fingerprint density at radius 1 is 0.973 bits per heavy atom. The van der Waals surface area contributed by atoms with Gasteiger partial charge in [-0.05, 0) is 49.2 Å². The Hall–Kier alpha value is -3.98. The van der Waals surface area contributed by atoms with Gasteiger partial charge in [-0.15, -0.1) is 4.58 Å². The number of hydrogen-bond donors (Lipinski definition) is 0. The third kappa shape index (κ3) is 3.26. The van der Waals surface area contributed by atoms with Gasteiger partial charge in [0.2, 0.25) is 15.5 Å². The fourth-order valence-electron chi connectivity index (χ4n) is 5.75. The first kappa shape index (κ1) is 22.2. The van der Waals surface area contributed by atoms with Crippen LogP contribution in [-0.4, -0.2) is 48.6 Å². The highest BCUT2D eigenvalue weighted by molar-refractivity contribution is 7.94. The molecule has 8 nitrogen and oxygen atoms in total. The molecule has 186 valence electrons. The molecule has 1 saturated carbocycles. The van der Waals surface area contributed by atoms with Gasteiger partial charge in [0.05, 0.1) is 6.61 Å². The largest absolute Gasteiger partial charge is 0.493 e. The van der Waals surface area contributed by atoms with Crippen LogP contribution in [0, 0.1) is 5.41 Å². The summed E-state index contributed by atoms with van der Waals surface area (Å²) in [6.45, 7) is 1.02. The van der Waals surface area contributed by atoms with Gasteiger partial charge in [-0.25, -0.2) is 8.42 Å². The number of benzene rings is 2. The van der Waals surface area contributed by atoms with Crippen LogP contribution in [-0.2, 0) is 21.1 Å². The standard InChI is InChI=1S/C28H24N3O5S/c1-37(34,35)27-24-25(31(27)21-9-10-22-18(16-21)11-15-36-22)26(33)30(17-28(24)12-13-28)20-7-5-19(6-8-20)29-14-3-2-4-23(29)32/h2-10,14,16H,11-13,15,17H2,1H3/q+1. The van der Waals surface area contributed by atoms with Gasteiger partial charge in [0.1, 0.15) is 11.3 Å². The average Bonchev–Trinajstić information content (AvgIpc) is 3.45. The summed E-state index contributed by atoms with van der Waals surface area (Å²) in [5.41, 5.74) is 3.72. The Morgan fingerprint density at radius 2 is 1.73 bits per heavy atom. The van der Waals surface area contributed by atoms with E-state index >= 15 is 0 Å². The van der Waals surface area contributed by atoms with Gasteiger partial charge in [-0.3, -0.25) is 14.2 Å². The molecule has 1 aromatic heterocycles. The lowest BCUT2D eigenvalue weighted by molar-refractivity contribution is -0.385. The van der Waals surface area contributed by atoms with Crippen LogP contribution in [0.1, 0.15) is 18.4 Å². The molecule has 4 aliphatic rings. The van der Waals surface area contributed by atoms with Crippen LogP contribution < -0.4 is 15.2 Å². The van der Waals surface area contributed by atoms with E-state index in [0.29, 0.717) is 41.5 Å². The molecule has 2 aromatic carbocycles. The Kier molecular flexibility index (Phi) is 4.52. The summed E-state index contributed by atoms with van der Waals surface area (Å²) >= 11 is 0. The molecular weight excluding hydrogens is 490 g/mol. The highest BCUT2D eigenvalue weighted by atomic mass is 32.2. The topological polar surface area (TPSA) is 88.7 Å². The van der Waals surface area contributed by atoms with Gasteiger partial charge in [0.25, 0.3) is 11.3 Å². The Balaban J connectivity index is 1.33. The Labute approximate surface area is 213 Å². The van der Waals surface area contributed by atoms with E-state index in [1.165, 1.54) is 12.3 Å². The van der Waals surface area contributed by atoms with Crippen LogP contribution in [0.15, 0.2) is 82.3 Å². The van der Waals surface area contributed by atoms with Gasteiger partial charge >= 0.3 is 10.9 Å². The molecule has 0 N–H and O–H groups in total. The van der Waals surface area contributed by atoms with Crippen molar-refractivity contribution >= 4 is 32.8 Å². The van der Waals surface area contributed by atoms with Crippen molar-refractivity contribution in [3.63, 3.8) is 0 Å². The summed E-state index contributed by atoms with van der Waals surface area (Å²) in [4.78, 5) is 27.9. The van der Waals surface area contributed by atoms with Crippen molar-refractivity contribution in [3.8, 4) is 11.4 Å². The smallest absolute Gasteiger partial charge is 0.324 e. The highest BCUT2D eigenvalue weighted by Gasteiger charge is 2.67. The molecule has 37 heavy (non-hydrogen) atoms. The third-order valence-corrected chi connectivity index (χ3v) is 8.80. The number of rotatable bonds is 4. The van der Waals surface area contributed by atoms with E-state index in [4.69, 9.17) is 4.74 Å². The number of anilines is 1. The number of amides is 1. The molecule has 1 saturated heterocycles. The number of fused-ring (bicyclic) bond motifs is 3. The maximum Gasteiger partial charge on any atom is 0.324 e. The van der Waals surface area contributed by atoms with Crippen LogP contribution in [0.2, 0.25) is 0 Å². The van der Waals surface area contributed by atoms with Crippen LogP contribution in [0.25, 0.3) is 5.69 Å². The first-order chi connectivity index (χ1) is 17.8. The predicted octanol–water partition coefficient (Wildman–Crippen LogP) is 2.95. The van der Waals surface area contributed by atoms with E-state index in [2.05, 4.69) is 0 Å². The van der Waals surface area contributed by atoms with Crippen molar-refractivity contribution in [2.75, 3.05) is 24.3 Å². The lowest BCUT2D eigenvalue weighted by atomic mass is 9.83. The highest BCUT2D eigenvalue weighted by Crippen LogP contribution is 2.60. The second kappa shape index (κ2) is 7.52. The SMILES string of the molecule is CS(=O)(=O)C1=C2C(=[N+]1c1ccc3c(c1)CCO3)C(=O)N(c1ccc(-n3ccccc3=O)cc1)CC21CC1. The maximum absolute atomic E-state index is 13.9. The lowest BCUT2D eigenvalue weighted by Gasteiger charge is -2.37. The minimum absolute atomic E-state index is 0.135. The number of aromatic nitrogens is 1. The molecule has 9 heteroatoms. The number of ether oxygens (including phenoxy) is 1. The summed E-state index contributed by atoms with van der Waals surface area (Å²) in [5, 5.41) is 0.241.